The SMILES string of the molecule is Brc1occ2c(I)cccc12. The standard InChI is InChI=1S/C8H4BrIO/c9-8-5-2-1-3-7(10)6(5)4-11-8/h1-4H. The summed E-state index contributed by atoms with van der Waals surface area (Å²) >= 11 is 5.62. The lowest BCUT2D eigenvalue weighted by Gasteiger charge is -1.89. The number of hydrogen-bond acceptors (Lipinski definition) is 1. The highest BCUT2D eigenvalue weighted by Gasteiger charge is 2.03. The molecule has 2 rings (SSSR count). The van der Waals surface area contributed by atoms with E-state index in [1.54, 1.807) is 6.26 Å². The van der Waals surface area contributed by atoms with Crippen LogP contribution in [-0.4, -0.2) is 0 Å². The van der Waals surface area contributed by atoms with Gasteiger partial charge in [0.15, 0.2) is 4.67 Å². The fourth-order valence-electron chi connectivity index (χ4n) is 1.00. The van der Waals surface area contributed by atoms with E-state index in [4.69, 9.17) is 4.42 Å². The highest BCUT2D eigenvalue weighted by atomic mass is 127. The number of halogens is 2. The Morgan fingerprint density at radius 1 is 1.27 bits per heavy atom. The van der Waals surface area contributed by atoms with Gasteiger partial charge in [-0.25, -0.2) is 0 Å². The van der Waals surface area contributed by atoms with Crippen LogP contribution in [0.2, 0.25) is 0 Å². The molecule has 1 aromatic heterocycles. The number of furan rings is 1. The fourth-order valence-corrected chi connectivity index (χ4v) is 2.07. The molecule has 2 aromatic rings. The van der Waals surface area contributed by atoms with E-state index in [-0.39, 0.29) is 0 Å². The molecular weight excluding hydrogens is 319 g/mol. The molecule has 0 saturated carbocycles. The maximum Gasteiger partial charge on any atom is 0.176 e. The number of rotatable bonds is 0. The van der Waals surface area contributed by atoms with Crippen molar-refractivity contribution >= 4 is 49.3 Å². The third-order valence-corrected chi connectivity index (χ3v) is 3.10. The second-order valence-electron chi connectivity index (χ2n) is 2.21. The average molecular weight is 323 g/mol. The maximum absolute atomic E-state index is 5.21. The van der Waals surface area contributed by atoms with Crippen LogP contribution in [0.1, 0.15) is 0 Å². The normalized spacial score (nSPS) is 10.7. The van der Waals surface area contributed by atoms with Crippen LogP contribution in [0.25, 0.3) is 10.8 Å². The van der Waals surface area contributed by atoms with Crippen molar-refractivity contribution in [2.24, 2.45) is 0 Å². The third-order valence-electron chi connectivity index (χ3n) is 1.54. The van der Waals surface area contributed by atoms with E-state index in [0.717, 1.165) is 10.1 Å². The number of benzene rings is 1. The predicted octanol–water partition coefficient (Wildman–Crippen LogP) is 3.80. The van der Waals surface area contributed by atoms with Gasteiger partial charge in [-0.15, -0.1) is 0 Å². The van der Waals surface area contributed by atoms with Crippen LogP contribution in [0.3, 0.4) is 0 Å². The van der Waals surface area contributed by atoms with Gasteiger partial charge in [-0.05, 0) is 50.7 Å². The van der Waals surface area contributed by atoms with Crippen LogP contribution >= 0.6 is 38.5 Å². The van der Waals surface area contributed by atoms with Crippen LogP contribution in [0.15, 0.2) is 33.5 Å². The molecule has 0 atom stereocenters. The fraction of sp³-hybridized carbons (Fsp3) is 0. The number of hydrogen-bond donors (Lipinski definition) is 0. The topological polar surface area (TPSA) is 13.1 Å². The lowest BCUT2D eigenvalue weighted by Crippen LogP contribution is -1.69. The summed E-state index contributed by atoms with van der Waals surface area (Å²) in [6, 6.07) is 6.11. The summed E-state index contributed by atoms with van der Waals surface area (Å²) in [5.41, 5.74) is 0. The molecule has 1 heterocycles. The summed E-state index contributed by atoms with van der Waals surface area (Å²) in [6.07, 6.45) is 1.77. The van der Waals surface area contributed by atoms with Crippen molar-refractivity contribution in [1.29, 1.82) is 0 Å². The molecule has 0 saturated heterocycles. The van der Waals surface area contributed by atoms with Crippen molar-refractivity contribution < 1.29 is 4.42 Å². The van der Waals surface area contributed by atoms with E-state index >= 15 is 0 Å². The molecule has 0 unspecified atom stereocenters. The smallest absolute Gasteiger partial charge is 0.176 e. The van der Waals surface area contributed by atoms with Crippen molar-refractivity contribution in [3.05, 3.63) is 32.7 Å². The van der Waals surface area contributed by atoms with Gasteiger partial charge in [0.2, 0.25) is 0 Å². The Bertz CT molecular complexity index is 394. The van der Waals surface area contributed by atoms with Crippen molar-refractivity contribution in [1.82, 2.24) is 0 Å². The summed E-state index contributed by atoms with van der Waals surface area (Å²) in [5, 5.41) is 2.30. The molecule has 56 valence electrons. The molecule has 0 bridgehead atoms. The maximum atomic E-state index is 5.21. The lowest BCUT2D eigenvalue weighted by molar-refractivity contribution is 0.546. The van der Waals surface area contributed by atoms with Crippen molar-refractivity contribution in [2.45, 2.75) is 0 Å². The third kappa shape index (κ3) is 1.20. The minimum Gasteiger partial charge on any atom is -0.456 e. The van der Waals surface area contributed by atoms with Gasteiger partial charge in [-0.3, -0.25) is 0 Å². The highest BCUT2D eigenvalue weighted by Crippen LogP contribution is 2.28. The highest BCUT2D eigenvalue weighted by molar-refractivity contribution is 14.1. The first-order valence-corrected chi connectivity index (χ1v) is 4.97. The Labute approximate surface area is 86.0 Å². The zero-order chi connectivity index (χ0) is 7.84. The molecule has 0 aliphatic carbocycles. The van der Waals surface area contributed by atoms with E-state index in [1.807, 2.05) is 12.1 Å². The van der Waals surface area contributed by atoms with Crippen molar-refractivity contribution in [3.8, 4) is 0 Å². The summed E-state index contributed by atoms with van der Waals surface area (Å²) in [5.74, 6) is 0. The molecule has 0 radical (unpaired) electrons. The van der Waals surface area contributed by atoms with Gasteiger partial charge >= 0.3 is 0 Å². The van der Waals surface area contributed by atoms with Gasteiger partial charge in [-0.2, -0.15) is 0 Å². The van der Waals surface area contributed by atoms with Gasteiger partial charge < -0.3 is 4.42 Å². The first kappa shape index (κ1) is 7.61. The van der Waals surface area contributed by atoms with Crippen LogP contribution in [0, 0.1) is 3.57 Å². The zero-order valence-corrected chi connectivity index (χ0v) is 9.22. The minimum absolute atomic E-state index is 0.811. The summed E-state index contributed by atoms with van der Waals surface area (Å²) in [7, 11) is 0. The molecule has 1 nitrogen and oxygen atoms in total. The Kier molecular flexibility index (Phi) is 1.93. The van der Waals surface area contributed by atoms with Crippen LogP contribution in [0.4, 0.5) is 0 Å². The molecule has 1 aromatic carbocycles. The molecule has 0 aliphatic heterocycles. The molecule has 0 amide bonds. The second-order valence-corrected chi connectivity index (χ2v) is 4.09. The molecular formula is C8H4BrIO. The van der Waals surface area contributed by atoms with Crippen LogP contribution < -0.4 is 0 Å². The molecule has 0 aliphatic rings. The Hall–Kier alpha value is -0.0300. The van der Waals surface area contributed by atoms with E-state index in [0.29, 0.717) is 0 Å². The largest absolute Gasteiger partial charge is 0.456 e. The molecule has 11 heavy (non-hydrogen) atoms. The predicted molar refractivity (Wildman–Crippen MR) is 56.6 cm³/mol. The second kappa shape index (κ2) is 2.79. The van der Waals surface area contributed by atoms with E-state index in [1.165, 1.54) is 8.96 Å². The Balaban J connectivity index is 2.94. The van der Waals surface area contributed by atoms with Crippen molar-refractivity contribution in [2.75, 3.05) is 0 Å². The van der Waals surface area contributed by atoms with Gasteiger partial charge in [0, 0.05) is 14.3 Å². The van der Waals surface area contributed by atoms with Crippen molar-refractivity contribution in [3.63, 3.8) is 0 Å². The summed E-state index contributed by atoms with van der Waals surface area (Å²) in [4.78, 5) is 0. The Morgan fingerprint density at radius 3 is 2.82 bits per heavy atom. The Morgan fingerprint density at radius 2 is 2.09 bits per heavy atom. The lowest BCUT2D eigenvalue weighted by atomic mass is 10.2. The van der Waals surface area contributed by atoms with Gasteiger partial charge in [-0.1, -0.05) is 6.07 Å². The average Bonchev–Trinajstić information content (AvgIpc) is 2.35. The summed E-state index contributed by atoms with van der Waals surface area (Å²) in [6.45, 7) is 0. The monoisotopic (exact) mass is 322 g/mol. The minimum atomic E-state index is 0.811. The van der Waals surface area contributed by atoms with E-state index < -0.39 is 0 Å². The van der Waals surface area contributed by atoms with E-state index in [9.17, 15) is 0 Å². The van der Waals surface area contributed by atoms with Crippen LogP contribution in [0.5, 0.6) is 0 Å². The van der Waals surface area contributed by atoms with Gasteiger partial charge in [0.05, 0.1) is 0 Å². The van der Waals surface area contributed by atoms with E-state index in [2.05, 4.69) is 44.6 Å². The molecule has 0 N–H and O–H groups in total. The van der Waals surface area contributed by atoms with Gasteiger partial charge in [0.1, 0.15) is 6.26 Å². The van der Waals surface area contributed by atoms with Crippen LogP contribution in [-0.2, 0) is 0 Å². The first-order valence-electron chi connectivity index (χ1n) is 3.10. The molecule has 0 spiro atoms. The quantitative estimate of drug-likeness (QED) is 0.672. The zero-order valence-electron chi connectivity index (χ0n) is 5.47. The summed E-state index contributed by atoms with van der Waals surface area (Å²) < 4.78 is 7.24. The first-order chi connectivity index (χ1) is 5.29. The number of fused-ring (bicyclic) bond motifs is 1. The molecule has 3 heteroatoms. The van der Waals surface area contributed by atoms with Gasteiger partial charge in [0.25, 0.3) is 0 Å². The molecule has 0 fully saturated rings.